The molecule has 2 aromatic carbocycles. The Morgan fingerprint density at radius 1 is 1.05 bits per heavy atom. The molecule has 0 saturated carbocycles. The van der Waals surface area contributed by atoms with Crippen molar-refractivity contribution in [1.82, 2.24) is 0 Å². The second-order valence-electron chi connectivity index (χ2n) is 4.92. The van der Waals surface area contributed by atoms with E-state index in [1.165, 1.54) is 19.1 Å². The second kappa shape index (κ2) is 5.75. The molecule has 5 heteroatoms. The van der Waals surface area contributed by atoms with Gasteiger partial charge in [-0.15, -0.1) is 0 Å². The van der Waals surface area contributed by atoms with E-state index >= 15 is 0 Å². The summed E-state index contributed by atoms with van der Waals surface area (Å²) in [6.07, 6.45) is 0. The van der Waals surface area contributed by atoms with Crippen LogP contribution in [0.5, 0.6) is 11.5 Å². The minimum atomic E-state index is -0.578. The second-order valence-corrected chi connectivity index (χ2v) is 4.92. The highest BCUT2D eigenvalue weighted by molar-refractivity contribution is 5.98. The van der Waals surface area contributed by atoms with Crippen LogP contribution in [0.15, 0.2) is 36.4 Å². The molecule has 5 nitrogen and oxygen atoms in total. The predicted octanol–water partition coefficient (Wildman–Crippen LogP) is 4.21. The average Bonchev–Trinajstić information content (AvgIpc) is 2.36. The first-order chi connectivity index (χ1) is 9.86. The maximum atomic E-state index is 11.4. The summed E-state index contributed by atoms with van der Waals surface area (Å²) in [4.78, 5) is 21.8. The smallest absolute Gasteiger partial charge is 0.283 e. The Hall–Kier alpha value is -2.69. The summed E-state index contributed by atoms with van der Waals surface area (Å²) in [5.41, 5.74) is 1.91. The largest absolute Gasteiger partial charge is 0.457 e. The van der Waals surface area contributed by atoms with Gasteiger partial charge >= 0.3 is 0 Å². The van der Waals surface area contributed by atoms with Gasteiger partial charge in [-0.3, -0.25) is 14.9 Å². The van der Waals surface area contributed by atoms with Gasteiger partial charge in [-0.1, -0.05) is 6.07 Å². The molecule has 0 fully saturated rings. The topological polar surface area (TPSA) is 69.4 Å². The van der Waals surface area contributed by atoms with Gasteiger partial charge in [-0.05, 0) is 56.2 Å². The van der Waals surface area contributed by atoms with Gasteiger partial charge < -0.3 is 4.74 Å². The van der Waals surface area contributed by atoms with Crippen molar-refractivity contribution in [1.29, 1.82) is 0 Å². The number of nitro benzene ring substituents is 1. The number of aryl methyl sites for hydroxylation is 2. The van der Waals surface area contributed by atoms with Gasteiger partial charge in [0.1, 0.15) is 11.5 Å². The summed E-state index contributed by atoms with van der Waals surface area (Å²) < 4.78 is 5.65. The van der Waals surface area contributed by atoms with E-state index in [2.05, 4.69) is 0 Å². The molecule has 0 aliphatic rings. The lowest BCUT2D eigenvalue weighted by molar-refractivity contribution is -0.385. The summed E-state index contributed by atoms with van der Waals surface area (Å²) in [5, 5.41) is 11.0. The first kappa shape index (κ1) is 14.7. The first-order valence-corrected chi connectivity index (χ1v) is 6.42. The van der Waals surface area contributed by atoms with Crippen molar-refractivity contribution in [2.24, 2.45) is 0 Å². The molecule has 21 heavy (non-hydrogen) atoms. The van der Waals surface area contributed by atoms with Crippen LogP contribution in [0.4, 0.5) is 5.69 Å². The number of nitrogens with zero attached hydrogens (tertiary/aromatic N) is 1. The molecule has 0 unspecified atom stereocenters. The standard InChI is InChI=1S/C16H15NO4/c1-10-6-11(2)8-14(7-10)21-13-4-5-15(12(3)18)16(9-13)17(19)20/h4-9H,1-3H3. The van der Waals surface area contributed by atoms with Gasteiger partial charge in [0.15, 0.2) is 5.78 Å². The molecule has 0 atom stereocenters. The lowest BCUT2D eigenvalue weighted by Crippen LogP contribution is -2.00. The van der Waals surface area contributed by atoms with Crippen molar-refractivity contribution in [2.45, 2.75) is 20.8 Å². The summed E-state index contributed by atoms with van der Waals surface area (Å²) in [6.45, 7) is 5.19. The molecular formula is C16H15NO4. The van der Waals surface area contributed by atoms with E-state index in [0.29, 0.717) is 11.5 Å². The van der Waals surface area contributed by atoms with Crippen molar-refractivity contribution in [3.8, 4) is 11.5 Å². The van der Waals surface area contributed by atoms with Gasteiger partial charge in [0.05, 0.1) is 16.6 Å². The van der Waals surface area contributed by atoms with Crippen LogP contribution in [0.3, 0.4) is 0 Å². The number of Topliss-reactive ketones (excluding diaryl/α,β-unsaturated/α-hetero) is 1. The minimum Gasteiger partial charge on any atom is -0.457 e. The van der Waals surface area contributed by atoms with Crippen molar-refractivity contribution in [3.63, 3.8) is 0 Å². The molecule has 2 aromatic rings. The molecule has 0 saturated heterocycles. The lowest BCUT2D eigenvalue weighted by atomic mass is 10.1. The molecule has 0 spiro atoms. The normalized spacial score (nSPS) is 10.2. The number of hydrogen-bond acceptors (Lipinski definition) is 4. The molecule has 0 amide bonds. The maximum Gasteiger partial charge on any atom is 0.283 e. The van der Waals surface area contributed by atoms with Crippen LogP contribution in [0, 0.1) is 24.0 Å². The highest BCUT2D eigenvalue weighted by Crippen LogP contribution is 2.29. The van der Waals surface area contributed by atoms with Crippen molar-refractivity contribution in [2.75, 3.05) is 0 Å². The van der Waals surface area contributed by atoms with E-state index in [0.717, 1.165) is 11.1 Å². The Balaban J connectivity index is 2.39. The Kier molecular flexibility index (Phi) is 4.03. The number of carbonyl (C=O) groups excluding carboxylic acids is 1. The number of carbonyl (C=O) groups is 1. The molecule has 0 bridgehead atoms. The van der Waals surface area contributed by atoms with E-state index in [1.807, 2.05) is 32.0 Å². The van der Waals surface area contributed by atoms with Crippen molar-refractivity contribution in [3.05, 3.63) is 63.2 Å². The van der Waals surface area contributed by atoms with Crippen LogP contribution in [-0.4, -0.2) is 10.7 Å². The molecule has 0 radical (unpaired) electrons. The Labute approximate surface area is 122 Å². The van der Waals surface area contributed by atoms with Gasteiger partial charge in [0.2, 0.25) is 0 Å². The zero-order chi connectivity index (χ0) is 15.6. The average molecular weight is 285 g/mol. The number of ketones is 1. The fourth-order valence-electron chi connectivity index (χ4n) is 2.15. The van der Waals surface area contributed by atoms with Crippen LogP contribution in [0.2, 0.25) is 0 Å². The van der Waals surface area contributed by atoms with E-state index in [-0.39, 0.29) is 17.0 Å². The first-order valence-electron chi connectivity index (χ1n) is 6.42. The van der Waals surface area contributed by atoms with Crippen molar-refractivity contribution >= 4 is 11.5 Å². The molecule has 2 rings (SSSR count). The van der Waals surface area contributed by atoms with Crippen LogP contribution in [0.25, 0.3) is 0 Å². The van der Waals surface area contributed by atoms with Gasteiger partial charge in [0, 0.05) is 0 Å². The highest BCUT2D eigenvalue weighted by Gasteiger charge is 2.18. The molecule has 0 aliphatic heterocycles. The van der Waals surface area contributed by atoms with Crippen LogP contribution >= 0.6 is 0 Å². The van der Waals surface area contributed by atoms with Crippen LogP contribution in [-0.2, 0) is 0 Å². The number of ether oxygens (including phenoxy) is 1. The predicted molar refractivity (Wildman–Crippen MR) is 79.1 cm³/mol. The van der Waals surface area contributed by atoms with E-state index in [9.17, 15) is 14.9 Å². The summed E-state index contributed by atoms with van der Waals surface area (Å²) in [5.74, 6) is 0.591. The number of hydrogen-bond donors (Lipinski definition) is 0. The Morgan fingerprint density at radius 3 is 2.19 bits per heavy atom. The Bertz CT molecular complexity index is 702. The fraction of sp³-hybridized carbons (Fsp3) is 0.188. The van der Waals surface area contributed by atoms with Gasteiger partial charge in [0.25, 0.3) is 5.69 Å². The zero-order valence-electron chi connectivity index (χ0n) is 12.0. The quantitative estimate of drug-likeness (QED) is 0.479. The third-order valence-electron chi connectivity index (χ3n) is 2.98. The molecule has 108 valence electrons. The van der Waals surface area contributed by atoms with Gasteiger partial charge in [-0.2, -0.15) is 0 Å². The van der Waals surface area contributed by atoms with E-state index in [4.69, 9.17) is 4.74 Å². The molecule has 0 heterocycles. The monoisotopic (exact) mass is 285 g/mol. The van der Waals surface area contributed by atoms with Gasteiger partial charge in [-0.25, -0.2) is 0 Å². The number of nitro groups is 1. The zero-order valence-corrected chi connectivity index (χ0v) is 12.0. The lowest BCUT2D eigenvalue weighted by Gasteiger charge is -2.08. The van der Waals surface area contributed by atoms with E-state index in [1.54, 1.807) is 6.07 Å². The summed E-state index contributed by atoms with van der Waals surface area (Å²) >= 11 is 0. The maximum absolute atomic E-state index is 11.4. The molecule has 0 N–H and O–H groups in total. The third kappa shape index (κ3) is 3.45. The SMILES string of the molecule is CC(=O)c1ccc(Oc2cc(C)cc(C)c2)cc1[N+](=O)[O-]. The third-order valence-corrected chi connectivity index (χ3v) is 2.98. The van der Waals surface area contributed by atoms with Crippen LogP contribution in [0.1, 0.15) is 28.4 Å². The molecular weight excluding hydrogens is 270 g/mol. The van der Waals surface area contributed by atoms with E-state index < -0.39 is 4.92 Å². The van der Waals surface area contributed by atoms with Crippen molar-refractivity contribution < 1.29 is 14.5 Å². The summed E-state index contributed by atoms with van der Waals surface area (Å²) in [7, 11) is 0. The minimum absolute atomic E-state index is 0.0766. The molecule has 0 aromatic heterocycles. The summed E-state index contributed by atoms with van der Waals surface area (Å²) in [6, 6.07) is 9.94. The molecule has 0 aliphatic carbocycles. The van der Waals surface area contributed by atoms with Crippen LogP contribution < -0.4 is 4.74 Å². The highest BCUT2D eigenvalue weighted by atomic mass is 16.6. The Morgan fingerprint density at radius 2 is 1.67 bits per heavy atom. The number of benzene rings is 2. The number of rotatable bonds is 4. The fourth-order valence-corrected chi connectivity index (χ4v) is 2.15.